The number of benzene rings is 3. The Morgan fingerprint density at radius 2 is 1.12 bits per heavy atom. The zero-order valence-corrected chi connectivity index (χ0v) is 24.5. The van der Waals surface area contributed by atoms with Gasteiger partial charge in [0, 0.05) is 44.5 Å². The second-order valence-electron chi connectivity index (χ2n) is 10.2. The molecule has 0 unspecified atom stereocenters. The average molecular weight is 667 g/mol. The highest BCUT2D eigenvalue weighted by Crippen LogP contribution is 2.60. The van der Waals surface area contributed by atoms with Crippen LogP contribution in [0, 0.1) is 71.6 Å². The molecule has 0 aromatic heterocycles. The van der Waals surface area contributed by atoms with E-state index in [0.717, 1.165) is 36.4 Å². The summed E-state index contributed by atoms with van der Waals surface area (Å²) in [6.45, 7) is 30.1. The Labute approximate surface area is 278 Å². The van der Waals surface area contributed by atoms with E-state index in [4.69, 9.17) is 26.3 Å². The van der Waals surface area contributed by atoms with E-state index in [-0.39, 0.29) is 33.6 Å². The topological polar surface area (TPSA) is 113 Å². The summed E-state index contributed by atoms with van der Waals surface area (Å²) in [7, 11) is 0. The molecule has 0 spiro atoms. The predicted molar refractivity (Wildman–Crippen MR) is 165 cm³/mol. The summed E-state index contributed by atoms with van der Waals surface area (Å²) < 4.78 is 94.1. The lowest BCUT2D eigenvalue weighted by Crippen LogP contribution is -2.09. The molecule has 234 valence electrons. The molecule has 3 aromatic carbocycles. The standard InChI is InChI=1S/C36H8F6N8/c1-47-19-7-15(11-43)5-17(9-19)21(13-45)24-25-23(22(14-46)31(24)37)28(35(39)40)27-26(29(25)36(41)42)30(32(38)34(27)50-4)33(49-3)18-6-16(12-44)8-20(10-18)48-2/h5-10,35-36H. The zero-order valence-electron chi connectivity index (χ0n) is 24.5. The zero-order chi connectivity index (χ0) is 36.6. The van der Waals surface area contributed by atoms with Crippen molar-refractivity contribution in [2.75, 3.05) is 0 Å². The molecule has 0 bridgehead atoms. The van der Waals surface area contributed by atoms with Crippen LogP contribution in [0.4, 0.5) is 37.7 Å². The van der Waals surface area contributed by atoms with Crippen molar-refractivity contribution in [2.45, 2.75) is 12.9 Å². The Morgan fingerprint density at radius 1 is 0.600 bits per heavy atom. The van der Waals surface area contributed by atoms with Crippen molar-refractivity contribution in [1.82, 2.24) is 0 Å². The fourth-order valence-corrected chi connectivity index (χ4v) is 5.89. The summed E-state index contributed by atoms with van der Waals surface area (Å²) in [5.41, 5.74) is -15.4. The van der Waals surface area contributed by atoms with Crippen LogP contribution in [0.2, 0.25) is 0 Å². The van der Waals surface area contributed by atoms with Crippen molar-refractivity contribution < 1.29 is 26.3 Å². The highest BCUT2D eigenvalue weighted by atomic mass is 19.3. The third kappa shape index (κ3) is 4.88. The maximum Gasteiger partial charge on any atom is 0.264 e. The Bertz CT molecular complexity index is 2370. The van der Waals surface area contributed by atoms with Crippen LogP contribution in [0.5, 0.6) is 0 Å². The van der Waals surface area contributed by atoms with Gasteiger partial charge in [0.05, 0.1) is 49.6 Å². The monoisotopic (exact) mass is 666 g/mol. The van der Waals surface area contributed by atoms with Gasteiger partial charge in [0.25, 0.3) is 12.9 Å². The molecule has 5 rings (SSSR count). The van der Waals surface area contributed by atoms with E-state index in [1.54, 1.807) is 18.2 Å². The van der Waals surface area contributed by atoms with Crippen molar-refractivity contribution in [2.24, 2.45) is 0 Å². The summed E-state index contributed by atoms with van der Waals surface area (Å²) in [6, 6.07) is 12.6. The van der Waals surface area contributed by atoms with Gasteiger partial charge in [0.15, 0.2) is 17.2 Å². The molecule has 0 atom stereocenters. The maximum atomic E-state index is 16.4. The van der Waals surface area contributed by atoms with Crippen LogP contribution in [0.25, 0.3) is 53.1 Å². The molecular weight excluding hydrogens is 658 g/mol. The maximum absolute atomic E-state index is 16.4. The van der Waals surface area contributed by atoms with Gasteiger partial charge in [0.1, 0.15) is 18.0 Å². The van der Waals surface area contributed by atoms with E-state index in [1.165, 1.54) is 6.07 Å². The minimum absolute atomic E-state index is 0.216. The van der Waals surface area contributed by atoms with Gasteiger partial charge in [-0.15, -0.1) is 0 Å². The summed E-state index contributed by atoms with van der Waals surface area (Å²) in [5.74, 6) is -3.40. The molecule has 0 amide bonds. The largest absolute Gasteiger partial charge is 0.264 e. The van der Waals surface area contributed by atoms with Gasteiger partial charge in [0.2, 0.25) is 11.4 Å². The van der Waals surface area contributed by atoms with Gasteiger partial charge in [-0.2, -0.15) is 21.0 Å². The number of hydrogen-bond acceptors (Lipinski definition) is 4. The first-order valence-corrected chi connectivity index (χ1v) is 13.5. The van der Waals surface area contributed by atoms with Gasteiger partial charge in [-0.3, -0.25) is 0 Å². The van der Waals surface area contributed by atoms with Crippen LogP contribution >= 0.6 is 0 Å². The van der Waals surface area contributed by atoms with Crippen molar-refractivity contribution in [3.63, 3.8) is 0 Å². The molecule has 3 aromatic rings. The number of alkyl halides is 4. The van der Waals surface area contributed by atoms with Crippen molar-refractivity contribution in [3.8, 4) is 24.3 Å². The molecule has 0 N–H and O–H groups in total. The summed E-state index contributed by atoms with van der Waals surface area (Å²) in [5, 5.41) is 39.1. The molecule has 0 aliphatic heterocycles. The van der Waals surface area contributed by atoms with Crippen molar-refractivity contribution >= 4 is 45.1 Å². The number of rotatable bonds is 4. The Kier molecular flexibility index (Phi) is 8.52. The van der Waals surface area contributed by atoms with E-state index >= 15 is 26.3 Å². The van der Waals surface area contributed by atoms with Crippen molar-refractivity contribution in [1.29, 1.82) is 21.0 Å². The van der Waals surface area contributed by atoms with Gasteiger partial charge in [-0.1, -0.05) is 12.1 Å². The smallest absolute Gasteiger partial charge is 0.238 e. The summed E-state index contributed by atoms with van der Waals surface area (Å²) in [4.78, 5) is 12.5. The highest BCUT2D eigenvalue weighted by Gasteiger charge is 2.46. The van der Waals surface area contributed by atoms with Gasteiger partial charge in [-0.05, 0) is 46.5 Å². The second-order valence-corrected chi connectivity index (χ2v) is 10.2. The second kappa shape index (κ2) is 12.7. The lowest BCUT2D eigenvalue weighted by Gasteiger charge is -2.22. The minimum Gasteiger partial charge on any atom is -0.238 e. The van der Waals surface area contributed by atoms with Gasteiger partial charge in [-0.25, -0.2) is 45.7 Å². The number of fused-ring (bicyclic) bond motifs is 2. The molecule has 0 saturated heterocycles. The lowest BCUT2D eigenvalue weighted by molar-refractivity contribution is 0.146. The fraction of sp³-hybridized carbons (Fsp3) is 0.0556. The third-order valence-corrected chi connectivity index (χ3v) is 7.72. The molecule has 14 heteroatoms. The number of halogens is 6. The Morgan fingerprint density at radius 3 is 1.58 bits per heavy atom. The van der Waals surface area contributed by atoms with Gasteiger partial charge >= 0.3 is 0 Å². The number of allylic oxidation sites excluding steroid dienone is 6. The molecule has 8 nitrogen and oxygen atoms in total. The molecule has 0 fully saturated rings. The van der Waals surface area contributed by atoms with E-state index in [9.17, 15) is 21.0 Å². The predicted octanol–water partition coefficient (Wildman–Crippen LogP) is 10.4. The lowest BCUT2D eigenvalue weighted by atomic mass is 9.82. The highest BCUT2D eigenvalue weighted by molar-refractivity contribution is 6.19. The molecule has 0 heterocycles. The number of nitriles is 4. The molecule has 0 radical (unpaired) electrons. The van der Waals surface area contributed by atoms with E-state index in [2.05, 4.69) is 19.4 Å². The summed E-state index contributed by atoms with van der Waals surface area (Å²) >= 11 is 0. The van der Waals surface area contributed by atoms with Crippen LogP contribution < -0.4 is 0 Å². The Hall–Kier alpha value is -7.88. The normalized spacial score (nSPS) is 14.7. The van der Waals surface area contributed by atoms with Crippen LogP contribution in [-0.4, -0.2) is 0 Å². The Balaban J connectivity index is 2.12. The van der Waals surface area contributed by atoms with Gasteiger partial charge < -0.3 is 0 Å². The van der Waals surface area contributed by atoms with Crippen LogP contribution in [0.15, 0.2) is 48.1 Å². The van der Waals surface area contributed by atoms with E-state index in [1.807, 2.05) is 0 Å². The fourth-order valence-electron chi connectivity index (χ4n) is 5.89. The number of nitrogens with zero attached hydrogens (tertiary/aromatic N) is 8. The van der Waals surface area contributed by atoms with Crippen LogP contribution in [0.3, 0.4) is 0 Å². The van der Waals surface area contributed by atoms with Crippen LogP contribution in [0.1, 0.15) is 68.5 Å². The molecule has 0 saturated carbocycles. The average Bonchev–Trinajstić information content (AvgIpc) is 3.56. The quantitative estimate of drug-likeness (QED) is 0.157. The first kappa shape index (κ1) is 33.5. The minimum atomic E-state index is -3.82. The first-order chi connectivity index (χ1) is 24.0. The van der Waals surface area contributed by atoms with E-state index in [0.29, 0.717) is 0 Å². The summed E-state index contributed by atoms with van der Waals surface area (Å²) in [6.07, 6.45) is -7.60. The molecule has 2 aliphatic carbocycles. The first-order valence-electron chi connectivity index (χ1n) is 13.5. The molecular formula is C36H8F6N8. The van der Waals surface area contributed by atoms with Crippen molar-refractivity contribution in [3.05, 3.63) is 149 Å². The van der Waals surface area contributed by atoms with Crippen LogP contribution in [-0.2, 0) is 0 Å². The SMILES string of the molecule is [C-]#[N+]C(=C1C(F)=C([N+]#[C-])c2c1c(C(F)F)c1c(c2C(F)F)C(C#N)=C(F)C1=C(C#N)c1cc(C#N)cc([N+]#[C-])c1)c1cc(C#N)cc([N+]#[C-])c1. The molecule has 2 aliphatic rings. The molecule has 50 heavy (non-hydrogen) atoms. The number of hydrogen-bond donors (Lipinski definition) is 0. The third-order valence-electron chi connectivity index (χ3n) is 7.72. The van der Waals surface area contributed by atoms with E-state index < -0.39 is 91.6 Å².